The van der Waals surface area contributed by atoms with Gasteiger partial charge in [-0.1, -0.05) is 19.1 Å². The Balaban J connectivity index is 1.27. The SMILES string of the molecule is CC(=O)CC(C)c1ccc(OC2CN(c3ncc(C4CC4)cn3)C2)cc1. The smallest absolute Gasteiger partial charge is 0.225 e. The van der Waals surface area contributed by atoms with Crippen molar-refractivity contribution in [2.75, 3.05) is 18.0 Å². The molecular formula is C21H25N3O2. The van der Waals surface area contributed by atoms with Crippen molar-refractivity contribution in [1.29, 1.82) is 0 Å². The minimum Gasteiger partial charge on any atom is -0.487 e. The Morgan fingerprint density at radius 1 is 1.19 bits per heavy atom. The second-order valence-electron chi connectivity index (χ2n) is 7.61. The van der Waals surface area contributed by atoms with Crippen LogP contribution in [0, 0.1) is 0 Å². The monoisotopic (exact) mass is 351 g/mol. The minimum atomic E-state index is 0.169. The van der Waals surface area contributed by atoms with Gasteiger partial charge in [-0.25, -0.2) is 9.97 Å². The van der Waals surface area contributed by atoms with Crippen LogP contribution in [-0.4, -0.2) is 34.9 Å². The van der Waals surface area contributed by atoms with Gasteiger partial charge in [0.15, 0.2) is 0 Å². The largest absolute Gasteiger partial charge is 0.487 e. The topological polar surface area (TPSA) is 55.3 Å². The van der Waals surface area contributed by atoms with Crippen molar-refractivity contribution in [1.82, 2.24) is 9.97 Å². The highest BCUT2D eigenvalue weighted by molar-refractivity contribution is 5.76. The average molecular weight is 351 g/mol. The Morgan fingerprint density at radius 2 is 1.85 bits per heavy atom. The Kier molecular flexibility index (Phi) is 4.62. The third-order valence-corrected chi connectivity index (χ3v) is 5.18. The van der Waals surface area contributed by atoms with Crippen molar-refractivity contribution in [2.45, 2.75) is 51.0 Å². The first-order valence-corrected chi connectivity index (χ1v) is 9.41. The number of carbonyl (C=O) groups is 1. The lowest BCUT2D eigenvalue weighted by Crippen LogP contribution is -2.54. The molecule has 0 bridgehead atoms. The van der Waals surface area contributed by atoms with Crippen LogP contribution in [0.3, 0.4) is 0 Å². The Morgan fingerprint density at radius 3 is 2.42 bits per heavy atom. The van der Waals surface area contributed by atoms with E-state index >= 15 is 0 Å². The maximum absolute atomic E-state index is 11.2. The number of aromatic nitrogens is 2. The summed E-state index contributed by atoms with van der Waals surface area (Å²) in [6, 6.07) is 8.10. The molecule has 2 aromatic rings. The molecule has 5 nitrogen and oxygen atoms in total. The van der Waals surface area contributed by atoms with Crippen molar-refractivity contribution in [3.8, 4) is 5.75 Å². The van der Waals surface area contributed by atoms with Crippen molar-refractivity contribution in [3.63, 3.8) is 0 Å². The molecule has 0 amide bonds. The first-order valence-electron chi connectivity index (χ1n) is 9.41. The molecule has 136 valence electrons. The molecule has 1 saturated heterocycles. The zero-order valence-electron chi connectivity index (χ0n) is 15.4. The molecule has 1 unspecified atom stereocenters. The van der Waals surface area contributed by atoms with Crippen LogP contribution in [-0.2, 0) is 4.79 Å². The van der Waals surface area contributed by atoms with E-state index in [-0.39, 0.29) is 17.8 Å². The van der Waals surface area contributed by atoms with Gasteiger partial charge in [0.05, 0.1) is 13.1 Å². The van der Waals surface area contributed by atoms with Crippen LogP contribution in [0.2, 0.25) is 0 Å². The van der Waals surface area contributed by atoms with Gasteiger partial charge in [-0.2, -0.15) is 0 Å². The molecule has 2 aliphatic rings. The number of anilines is 1. The van der Waals surface area contributed by atoms with Crippen molar-refractivity contribution in [3.05, 3.63) is 47.8 Å². The van der Waals surface area contributed by atoms with Gasteiger partial charge in [0.2, 0.25) is 5.95 Å². The summed E-state index contributed by atoms with van der Waals surface area (Å²) in [5, 5.41) is 0. The lowest BCUT2D eigenvalue weighted by molar-refractivity contribution is -0.117. The summed E-state index contributed by atoms with van der Waals surface area (Å²) in [6.45, 7) is 5.34. The summed E-state index contributed by atoms with van der Waals surface area (Å²) in [5.74, 6) is 2.83. The van der Waals surface area contributed by atoms with Gasteiger partial charge in [0.1, 0.15) is 17.6 Å². The Hall–Kier alpha value is -2.43. The van der Waals surface area contributed by atoms with E-state index in [1.54, 1.807) is 6.92 Å². The van der Waals surface area contributed by atoms with E-state index in [1.165, 1.54) is 24.0 Å². The molecule has 0 spiro atoms. The Labute approximate surface area is 154 Å². The van der Waals surface area contributed by atoms with E-state index in [4.69, 9.17) is 4.74 Å². The molecule has 1 atom stereocenters. The number of hydrogen-bond donors (Lipinski definition) is 0. The summed E-state index contributed by atoms with van der Waals surface area (Å²) in [4.78, 5) is 22.4. The predicted octanol–water partition coefficient (Wildman–Crippen LogP) is 3.70. The van der Waals surface area contributed by atoms with Gasteiger partial charge in [-0.15, -0.1) is 0 Å². The molecule has 1 aromatic heterocycles. The molecule has 1 saturated carbocycles. The summed E-state index contributed by atoms with van der Waals surface area (Å²) >= 11 is 0. The number of Topliss-reactive ketones (excluding diaryl/α,β-unsaturated/α-hetero) is 1. The van der Waals surface area contributed by atoms with Crippen LogP contribution >= 0.6 is 0 Å². The quantitative estimate of drug-likeness (QED) is 0.761. The molecule has 0 radical (unpaired) electrons. The molecule has 2 heterocycles. The second-order valence-corrected chi connectivity index (χ2v) is 7.61. The summed E-state index contributed by atoms with van der Waals surface area (Å²) in [5.41, 5.74) is 2.44. The van der Waals surface area contributed by atoms with Crippen LogP contribution in [0.4, 0.5) is 5.95 Å². The summed E-state index contributed by atoms with van der Waals surface area (Å²) < 4.78 is 6.03. The molecule has 0 N–H and O–H groups in total. The Bertz CT molecular complexity index is 763. The highest BCUT2D eigenvalue weighted by Crippen LogP contribution is 2.39. The number of ketones is 1. The van der Waals surface area contributed by atoms with Crippen LogP contribution in [0.5, 0.6) is 5.75 Å². The summed E-state index contributed by atoms with van der Waals surface area (Å²) in [7, 11) is 0. The van der Waals surface area contributed by atoms with Crippen molar-refractivity contribution < 1.29 is 9.53 Å². The van der Waals surface area contributed by atoms with E-state index in [0.717, 1.165) is 24.8 Å². The van der Waals surface area contributed by atoms with Gasteiger partial charge in [0.25, 0.3) is 0 Å². The molecular weight excluding hydrogens is 326 g/mol. The van der Waals surface area contributed by atoms with Crippen LogP contribution in [0.15, 0.2) is 36.7 Å². The maximum atomic E-state index is 11.2. The fraction of sp³-hybridized carbons (Fsp3) is 0.476. The first kappa shape index (κ1) is 17.0. The molecule has 1 aromatic carbocycles. The number of nitrogens with zero attached hydrogens (tertiary/aromatic N) is 3. The first-order chi connectivity index (χ1) is 12.6. The highest BCUT2D eigenvalue weighted by atomic mass is 16.5. The van der Waals surface area contributed by atoms with Gasteiger partial charge < -0.3 is 14.4 Å². The number of carbonyl (C=O) groups excluding carboxylic acids is 1. The molecule has 4 rings (SSSR count). The highest BCUT2D eigenvalue weighted by Gasteiger charge is 2.31. The normalized spacial score (nSPS) is 18.3. The van der Waals surface area contributed by atoms with E-state index in [9.17, 15) is 4.79 Å². The number of ether oxygens (including phenoxy) is 1. The third-order valence-electron chi connectivity index (χ3n) is 5.18. The van der Waals surface area contributed by atoms with E-state index < -0.39 is 0 Å². The maximum Gasteiger partial charge on any atom is 0.225 e. The average Bonchev–Trinajstić information content (AvgIpc) is 3.43. The fourth-order valence-electron chi connectivity index (χ4n) is 3.41. The lowest BCUT2D eigenvalue weighted by atomic mass is 9.96. The molecule has 5 heteroatoms. The van der Waals surface area contributed by atoms with Gasteiger partial charge in [-0.05, 0) is 54.9 Å². The zero-order valence-corrected chi connectivity index (χ0v) is 15.4. The van der Waals surface area contributed by atoms with Crippen LogP contribution < -0.4 is 9.64 Å². The number of benzene rings is 1. The lowest BCUT2D eigenvalue weighted by Gasteiger charge is -2.38. The van der Waals surface area contributed by atoms with Crippen molar-refractivity contribution >= 4 is 11.7 Å². The van der Waals surface area contributed by atoms with E-state index in [0.29, 0.717) is 12.3 Å². The fourth-order valence-corrected chi connectivity index (χ4v) is 3.41. The van der Waals surface area contributed by atoms with Crippen LogP contribution in [0.25, 0.3) is 0 Å². The molecule has 26 heavy (non-hydrogen) atoms. The zero-order chi connectivity index (χ0) is 18.1. The molecule has 1 aliphatic heterocycles. The minimum absolute atomic E-state index is 0.169. The number of rotatable bonds is 7. The standard InChI is InChI=1S/C21H25N3O2/c1-14(9-15(2)25)16-5-7-19(8-6-16)26-20-12-24(13-20)21-22-10-18(11-23-21)17-3-4-17/h5-8,10-11,14,17,20H,3-4,9,12-13H2,1-2H3. The van der Waals surface area contributed by atoms with E-state index in [1.807, 2.05) is 24.5 Å². The predicted molar refractivity (Wildman–Crippen MR) is 101 cm³/mol. The van der Waals surface area contributed by atoms with Gasteiger partial charge in [0, 0.05) is 18.8 Å². The second kappa shape index (κ2) is 7.06. The third kappa shape index (κ3) is 3.87. The van der Waals surface area contributed by atoms with E-state index in [2.05, 4.69) is 33.9 Å². The van der Waals surface area contributed by atoms with Crippen molar-refractivity contribution in [2.24, 2.45) is 0 Å². The van der Waals surface area contributed by atoms with Gasteiger partial charge in [-0.3, -0.25) is 0 Å². The molecule has 1 aliphatic carbocycles. The molecule has 2 fully saturated rings. The summed E-state index contributed by atoms with van der Waals surface area (Å²) in [6.07, 6.45) is 7.23. The van der Waals surface area contributed by atoms with Crippen LogP contribution in [0.1, 0.15) is 56.1 Å². The number of hydrogen-bond acceptors (Lipinski definition) is 5. The van der Waals surface area contributed by atoms with Gasteiger partial charge >= 0.3 is 0 Å².